The molecular weight excluding hydrogens is 391 g/mol. The Kier molecular flexibility index (Phi) is 4.45. The van der Waals surface area contributed by atoms with Crippen molar-refractivity contribution >= 4 is 111 Å². The number of alkyl halides is 5. The number of hydrogen-bond donors (Lipinski definition) is 0. The second-order valence-electron chi connectivity index (χ2n) is 4.51. The molecule has 0 aromatic rings. The number of hydrogen-bond acceptors (Lipinski definition) is 0. The molecule has 3 aliphatic carbocycles. The van der Waals surface area contributed by atoms with Crippen molar-refractivity contribution in [3.05, 3.63) is 22.2 Å². The van der Waals surface area contributed by atoms with Gasteiger partial charge in [0.15, 0.2) is 4.33 Å². The summed E-state index contributed by atoms with van der Waals surface area (Å²) in [6.45, 7) is 0. The van der Waals surface area contributed by atoms with Crippen molar-refractivity contribution in [2.24, 2.45) is 11.8 Å². The van der Waals surface area contributed by atoms with Crippen LogP contribution in [0.2, 0.25) is 0 Å². The Morgan fingerprint density at radius 2 is 1.39 bits per heavy atom. The molecule has 0 aliphatic heterocycles. The molecule has 0 aromatic carbocycles. The Labute approximate surface area is 162 Å². The van der Waals surface area contributed by atoms with Gasteiger partial charge < -0.3 is 0 Å². The Morgan fingerprint density at radius 1 is 0.889 bits per heavy atom. The van der Waals surface area contributed by atoms with Crippen molar-refractivity contribution in [1.29, 1.82) is 0 Å². The van der Waals surface area contributed by atoms with Crippen molar-refractivity contribution in [1.82, 2.24) is 0 Å². The van der Waals surface area contributed by atoms with E-state index >= 15 is 0 Å². The minimum absolute atomic E-state index is 0. The van der Waals surface area contributed by atoms with Crippen LogP contribution >= 0.6 is 81.2 Å². The van der Waals surface area contributed by atoms with Crippen LogP contribution in [0.25, 0.3) is 0 Å². The van der Waals surface area contributed by atoms with Crippen molar-refractivity contribution in [2.75, 3.05) is 0 Å². The Hall–Kier alpha value is 2.51. The topological polar surface area (TPSA) is 0 Å². The third-order valence-electron chi connectivity index (χ3n) is 3.90. The first kappa shape index (κ1) is 16.9. The zero-order chi connectivity index (χ0) is 12.8. The molecule has 0 amide bonds. The summed E-state index contributed by atoms with van der Waals surface area (Å²) in [6.07, 6.45) is 3.69. The van der Waals surface area contributed by atoms with E-state index in [0.29, 0.717) is 0 Å². The fourth-order valence-corrected chi connectivity index (χ4v) is 6.60. The second-order valence-corrected chi connectivity index (χ2v) is 8.29. The predicted octanol–water partition coefficient (Wildman–Crippen LogP) is 4.59. The molecule has 0 N–H and O–H groups in total. The summed E-state index contributed by atoms with van der Waals surface area (Å²) in [7, 11) is 0. The summed E-state index contributed by atoms with van der Waals surface area (Å²) in [5.74, 6) is -0.470. The Bertz CT molecular complexity index is 473. The fraction of sp³-hybridized carbons (Fsp3) is 0.600. The monoisotopic (exact) mass is 394 g/mol. The van der Waals surface area contributed by atoms with Crippen molar-refractivity contribution < 1.29 is 0 Å². The van der Waals surface area contributed by atoms with Gasteiger partial charge in [0, 0.05) is 11.8 Å². The number of fused-ring (bicyclic) bond motifs is 5. The molecule has 2 bridgehead atoms. The maximum atomic E-state index is 6.57. The van der Waals surface area contributed by atoms with Gasteiger partial charge in [-0.2, -0.15) is 0 Å². The van der Waals surface area contributed by atoms with E-state index in [2.05, 4.69) is 0 Å². The first-order valence-electron chi connectivity index (χ1n) is 4.85. The molecule has 0 saturated heterocycles. The van der Waals surface area contributed by atoms with Crippen LogP contribution < -0.4 is 0 Å². The molecule has 0 aromatic heterocycles. The Morgan fingerprint density at radius 3 is 1.94 bits per heavy atom. The average molecular weight is 397 g/mol. The van der Waals surface area contributed by atoms with Crippen LogP contribution in [0.5, 0.6) is 0 Å². The molecule has 8 heteroatoms. The van der Waals surface area contributed by atoms with E-state index in [1.807, 2.05) is 12.2 Å². The molecule has 96 valence electrons. The zero-order valence-electron chi connectivity index (χ0n) is 8.03. The van der Waals surface area contributed by atoms with Gasteiger partial charge in [0.25, 0.3) is 0 Å². The van der Waals surface area contributed by atoms with Crippen LogP contribution in [0.15, 0.2) is 22.2 Å². The number of rotatable bonds is 0. The van der Waals surface area contributed by atoms with Crippen LogP contribution in [0, 0.1) is 11.8 Å². The summed E-state index contributed by atoms with van der Waals surface area (Å²) in [5, 5.41) is 0.113. The third kappa shape index (κ3) is 1.50. The van der Waals surface area contributed by atoms with Gasteiger partial charge in [-0.1, -0.05) is 58.6 Å². The summed E-state index contributed by atoms with van der Waals surface area (Å²) >= 11 is 44.5. The van der Waals surface area contributed by atoms with Gasteiger partial charge in [0.2, 0.25) is 0 Å². The number of allylic oxidation sites excluding steroid dienone is 4. The molecule has 0 radical (unpaired) electrons. The Balaban J connectivity index is 0.00000120. The van der Waals surface area contributed by atoms with Gasteiger partial charge in [-0.05, 0) is 0 Å². The molecule has 1 fully saturated rings. The molecule has 18 heavy (non-hydrogen) atoms. The van der Waals surface area contributed by atoms with E-state index < -0.39 is 14.1 Å². The van der Waals surface area contributed by atoms with Gasteiger partial charge >= 0.3 is 29.6 Å². The van der Waals surface area contributed by atoms with E-state index in [1.165, 1.54) is 0 Å². The maximum absolute atomic E-state index is 6.57. The van der Waals surface area contributed by atoms with Gasteiger partial charge in [-0.25, -0.2) is 0 Å². The van der Waals surface area contributed by atoms with Crippen molar-refractivity contribution in [2.45, 2.75) is 19.5 Å². The van der Waals surface area contributed by atoms with Crippen LogP contribution in [-0.4, -0.2) is 49.0 Å². The van der Waals surface area contributed by atoms with Gasteiger partial charge in [-0.15, -0.1) is 34.8 Å². The first-order valence-corrected chi connectivity index (χ1v) is 7.55. The summed E-state index contributed by atoms with van der Waals surface area (Å²) in [6, 6.07) is 0. The van der Waals surface area contributed by atoms with E-state index in [-0.39, 0.29) is 56.8 Å². The average Bonchev–Trinajstić information content (AvgIpc) is 2.73. The predicted molar refractivity (Wildman–Crippen MR) is 83.2 cm³/mol. The van der Waals surface area contributed by atoms with Gasteiger partial charge in [0.1, 0.15) is 9.75 Å². The molecular formula is C10H6Cl7Na. The fourth-order valence-electron chi connectivity index (χ4n) is 3.08. The van der Waals surface area contributed by atoms with Crippen LogP contribution in [0.1, 0.15) is 0 Å². The van der Waals surface area contributed by atoms with Crippen molar-refractivity contribution in [3.8, 4) is 0 Å². The summed E-state index contributed by atoms with van der Waals surface area (Å²) in [4.78, 5) is -2.45. The van der Waals surface area contributed by atoms with Crippen LogP contribution in [0.3, 0.4) is 0 Å². The summed E-state index contributed by atoms with van der Waals surface area (Å²) in [5.41, 5.74) is 0. The van der Waals surface area contributed by atoms with E-state index in [9.17, 15) is 0 Å². The normalized spacial score (nSPS) is 51.6. The number of halogens is 7. The SMILES string of the molecule is ClC1=C(Cl)C2(Cl)C3C(Cl)C=CC3C1(Cl)C2(Cl)Cl.[NaH]. The van der Waals surface area contributed by atoms with Crippen LogP contribution in [0.4, 0.5) is 0 Å². The zero-order valence-corrected chi connectivity index (χ0v) is 13.3. The molecule has 0 spiro atoms. The molecule has 5 unspecified atom stereocenters. The minimum atomic E-state index is -1.48. The van der Waals surface area contributed by atoms with Gasteiger partial charge in [-0.3, -0.25) is 0 Å². The molecule has 3 aliphatic rings. The molecule has 5 atom stereocenters. The van der Waals surface area contributed by atoms with Crippen molar-refractivity contribution in [3.63, 3.8) is 0 Å². The molecule has 1 saturated carbocycles. The van der Waals surface area contributed by atoms with E-state index in [1.54, 1.807) is 0 Å². The first-order chi connectivity index (χ1) is 7.70. The standard InChI is InChI=1S/C10H5Cl7.Na.H/c11-4-2-1-3-5(4)9(15)7(13)6(12)8(3,14)10(9,16)17;;/h1-5H;;. The van der Waals surface area contributed by atoms with E-state index in [0.717, 1.165) is 0 Å². The molecule has 0 heterocycles. The van der Waals surface area contributed by atoms with Gasteiger partial charge in [0.05, 0.1) is 15.4 Å². The molecule has 3 rings (SSSR count). The van der Waals surface area contributed by atoms with E-state index in [4.69, 9.17) is 81.2 Å². The molecule has 0 nitrogen and oxygen atoms in total. The third-order valence-corrected chi connectivity index (χ3v) is 8.61. The quantitative estimate of drug-likeness (QED) is 0.319. The van der Waals surface area contributed by atoms with Crippen LogP contribution in [-0.2, 0) is 0 Å². The second kappa shape index (κ2) is 4.75. The summed E-state index contributed by atoms with van der Waals surface area (Å²) < 4.78 is -1.48.